The molecule has 0 N–H and O–H groups in total. The molecule has 1 aromatic carbocycles. The van der Waals surface area contributed by atoms with Crippen LogP contribution in [0.1, 0.15) is 68.4 Å². The van der Waals surface area contributed by atoms with Crippen molar-refractivity contribution in [3.8, 4) is 6.07 Å². The average Bonchev–Trinajstić information content (AvgIpc) is 3.46. The molecule has 4 heterocycles. The number of hydrogen-bond acceptors (Lipinski definition) is 7. The highest BCUT2D eigenvalue weighted by atomic mass is 16.5. The van der Waals surface area contributed by atoms with E-state index in [4.69, 9.17) is 9.84 Å². The number of methoxy groups -OCH3 is 1. The van der Waals surface area contributed by atoms with Crippen LogP contribution in [0.25, 0.3) is 11.0 Å². The number of benzene rings is 1. The van der Waals surface area contributed by atoms with Gasteiger partial charge < -0.3 is 19.1 Å². The van der Waals surface area contributed by atoms with E-state index in [-0.39, 0.29) is 42.2 Å². The quantitative estimate of drug-likeness (QED) is 0.402. The Morgan fingerprint density at radius 1 is 1.12 bits per heavy atom. The first-order chi connectivity index (χ1) is 20.3. The average molecular weight is 574 g/mol. The fourth-order valence-electron chi connectivity index (χ4n) is 6.64. The highest BCUT2D eigenvalue weighted by molar-refractivity contribution is 5.94. The molecule has 10 nitrogen and oxygen atoms in total. The van der Waals surface area contributed by atoms with E-state index in [1.807, 2.05) is 17.0 Å². The Kier molecular flexibility index (Phi) is 8.99. The molecular formula is C32H43N7O3. The van der Waals surface area contributed by atoms with Gasteiger partial charge in [-0.1, -0.05) is 26.0 Å². The molecule has 0 aliphatic carbocycles. The van der Waals surface area contributed by atoms with Crippen LogP contribution in [-0.4, -0.2) is 81.5 Å². The summed E-state index contributed by atoms with van der Waals surface area (Å²) < 4.78 is 8.67. The predicted molar refractivity (Wildman–Crippen MR) is 164 cm³/mol. The van der Waals surface area contributed by atoms with Crippen molar-refractivity contribution in [2.24, 2.45) is 7.05 Å². The first kappa shape index (κ1) is 29.8. The molecule has 0 spiro atoms. The lowest BCUT2D eigenvalue weighted by Gasteiger charge is -2.49. The fraction of sp³-hybridized carbons (Fsp3) is 0.562. The molecule has 3 aromatic rings. The number of piperidine rings is 1. The second-order valence-corrected chi connectivity index (χ2v) is 11.6. The van der Waals surface area contributed by atoms with Gasteiger partial charge in [-0.2, -0.15) is 10.4 Å². The van der Waals surface area contributed by atoms with Crippen LogP contribution >= 0.6 is 0 Å². The van der Waals surface area contributed by atoms with E-state index < -0.39 is 0 Å². The summed E-state index contributed by atoms with van der Waals surface area (Å²) in [4.78, 5) is 33.0. The monoisotopic (exact) mass is 573 g/mol. The van der Waals surface area contributed by atoms with Crippen molar-refractivity contribution in [3.05, 3.63) is 58.0 Å². The van der Waals surface area contributed by atoms with E-state index in [0.717, 1.165) is 74.1 Å². The standard InChI is InChI=1S/C32H43N7O3/c1-6-25-20-39(28-18-30(40)35(4)29-21-37(17-14-33)34-31(28)29)26(7-2)19-38(25)22(3)23-8-10-24(11-9-23)32(41)36-15-12-27(42-5)13-16-36/h8-11,18,21-22,25-27H,6-7,12-13,15-17,19-20H2,1-5H3/t22-,25+,26-/m0/s1. The number of fused-ring (bicyclic) bond motifs is 1. The normalized spacial score (nSPS) is 21.0. The predicted octanol–water partition coefficient (Wildman–Crippen LogP) is 3.95. The van der Waals surface area contributed by atoms with Crippen molar-refractivity contribution >= 4 is 22.6 Å². The Morgan fingerprint density at radius 2 is 1.81 bits per heavy atom. The minimum Gasteiger partial charge on any atom is -0.381 e. The zero-order chi connectivity index (χ0) is 30.0. The Bertz CT molecular complexity index is 1500. The number of nitriles is 1. The molecule has 2 fully saturated rings. The summed E-state index contributed by atoms with van der Waals surface area (Å²) in [6.07, 6.45) is 5.67. The summed E-state index contributed by atoms with van der Waals surface area (Å²) in [6.45, 7) is 9.88. The van der Waals surface area contributed by atoms with Crippen LogP contribution in [-0.2, 0) is 18.3 Å². The first-order valence-electron chi connectivity index (χ1n) is 15.2. The van der Waals surface area contributed by atoms with Crippen LogP contribution in [0.5, 0.6) is 0 Å². The van der Waals surface area contributed by atoms with E-state index in [9.17, 15) is 14.9 Å². The number of anilines is 1. The number of hydrogen-bond donors (Lipinski definition) is 0. The lowest BCUT2D eigenvalue weighted by Crippen LogP contribution is -2.58. The van der Waals surface area contributed by atoms with Gasteiger partial charge in [0.05, 0.1) is 29.6 Å². The van der Waals surface area contributed by atoms with E-state index >= 15 is 0 Å². The van der Waals surface area contributed by atoms with Crippen LogP contribution < -0.4 is 10.5 Å². The summed E-state index contributed by atoms with van der Waals surface area (Å²) in [6, 6.07) is 12.6. The molecule has 0 bridgehead atoms. The minimum atomic E-state index is -0.0783. The van der Waals surface area contributed by atoms with Gasteiger partial charge >= 0.3 is 0 Å². The number of piperazine rings is 1. The van der Waals surface area contributed by atoms with E-state index in [0.29, 0.717) is 0 Å². The molecule has 2 aliphatic rings. The van der Waals surface area contributed by atoms with Crippen LogP contribution in [0, 0.1) is 11.3 Å². The summed E-state index contributed by atoms with van der Waals surface area (Å²) >= 11 is 0. The number of nitrogens with zero attached hydrogens (tertiary/aromatic N) is 7. The van der Waals surface area contributed by atoms with Crippen LogP contribution in [0.2, 0.25) is 0 Å². The SMILES string of the molecule is CC[C@H]1CN([C@@H](C)c2ccc(C(=O)N3CCC(OC)CC3)cc2)[C@H](CC)CN1c1cc(=O)n(C)c2cn(CC#N)nc12. The third-order valence-electron chi connectivity index (χ3n) is 9.36. The fourth-order valence-corrected chi connectivity index (χ4v) is 6.64. The first-order valence-corrected chi connectivity index (χ1v) is 15.2. The van der Waals surface area contributed by atoms with Gasteiger partial charge in [0, 0.05) is 70.1 Å². The zero-order valence-corrected chi connectivity index (χ0v) is 25.5. The molecule has 0 saturated carbocycles. The van der Waals surface area contributed by atoms with Gasteiger partial charge in [-0.05, 0) is 50.3 Å². The van der Waals surface area contributed by atoms with E-state index in [2.05, 4.69) is 48.8 Å². The molecule has 42 heavy (non-hydrogen) atoms. The lowest BCUT2D eigenvalue weighted by atomic mass is 9.96. The molecule has 2 saturated heterocycles. The van der Waals surface area contributed by atoms with Crippen molar-refractivity contribution in [1.82, 2.24) is 24.1 Å². The van der Waals surface area contributed by atoms with Crippen molar-refractivity contribution in [1.29, 1.82) is 5.26 Å². The summed E-state index contributed by atoms with van der Waals surface area (Å²) in [7, 11) is 3.49. The largest absolute Gasteiger partial charge is 0.381 e. The van der Waals surface area contributed by atoms with Crippen molar-refractivity contribution in [2.75, 3.05) is 38.2 Å². The number of ether oxygens (including phenoxy) is 1. The second kappa shape index (κ2) is 12.7. The van der Waals surface area contributed by atoms with Gasteiger partial charge in [-0.3, -0.25) is 19.2 Å². The van der Waals surface area contributed by atoms with Gasteiger partial charge in [0.25, 0.3) is 11.5 Å². The summed E-state index contributed by atoms with van der Waals surface area (Å²) in [5, 5.41) is 13.9. The Hall–Kier alpha value is -3.68. The van der Waals surface area contributed by atoms with Crippen LogP contribution in [0.4, 0.5) is 5.69 Å². The van der Waals surface area contributed by atoms with Crippen molar-refractivity contribution in [2.45, 2.75) is 77.2 Å². The number of carbonyl (C=O) groups is 1. The molecule has 5 rings (SSSR count). The van der Waals surface area contributed by atoms with E-state index in [1.54, 1.807) is 35.7 Å². The highest BCUT2D eigenvalue weighted by Crippen LogP contribution is 2.34. The van der Waals surface area contributed by atoms with Crippen molar-refractivity contribution < 1.29 is 9.53 Å². The number of amides is 1. The minimum absolute atomic E-state index is 0.0783. The molecule has 1 amide bonds. The highest BCUT2D eigenvalue weighted by Gasteiger charge is 2.36. The van der Waals surface area contributed by atoms with Gasteiger partial charge in [-0.15, -0.1) is 0 Å². The molecule has 0 radical (unpaired) electrons. The smallest absolute Gasteiger partial charge is 0.253 e. The Morgan fingerprint density at radius 3 is 2.43 bits per heavy atom. The third-order valence-corrected chi connectivity index (χ3v) is 9.36. The zero-order valence-electron chi connectivity index (χ0n) is 25.5. The van der Waals surface area contributed by atoms with Gasteiger partial charge in [0.1, 0.15) is 12.1 Å². The Balaban J connectivity index is 1.36. The summed E-state index contributed by atoms with van der Waals surface area (Å²) in [5.74, 6) is 0.0902. The molecule has 2 aliphatic heterocycles. The van der Waals surface area contributed by atoms with E-state index in [1.165, 1.54) is 5.56 Å². The van der Waals surface area contributed by atoms with Gasteiger partial charge in [0.2, 0.25) is 0 Å². The van der Waals surface area contributed by atoms with Crippen molar-refractivity contribution in [3.63, 3.8) is 0 Å². The van der Waals surface area contributed by atoms with Crippen LogP contribution in [0.15, 0.2) is 41.3 Å². The number of pyridine rings is 1. The topological polar surface area (TPSA) is 99.6 Å². The molecule has 0 unspecified atom stereocenters. The number of likely N-dealkylation sites (tertiary alicyclic amines) is 1. The van der Waals surface area contributed by atoms with Crippen LogP contribution in [0.3, 0.4) is 0 Å². The molecule has 224 valence electrons. The molecule has 10 heteroatoms. The van der Waals surface area contributed by atoms with Gasteiger partial charge in [-0.25, -0.2) is 0 Å². The summed E-state index contributed by atoms with van der Waals surface area (Å²) in [5.41, 5.74) is 4.19. The number of rotatable bonds is 8. The molecular weight excluding hydrogens is 530 g/mol. The maximum atomic E-state index is 13.1. The number of aromatic nitrogens is 3. The maximum Gasteiger partial charge on any atom is 0.253 e. The Labute approximate surface area is 248 Å². The third kappa shape index (κ3) is 5.68. The number of aryl methyl sites for hydroxylation is 1. The lowest BCUT2D eigenvalue weighted by molar-refractivity contribution is 0.0350. The number of carbonyl (C=O) groups excluding carboxylic acids is 1. The van der Waals surface area contributed by atoms with Gasteiger partial charge in [0.15, 0.2) is 0 Å². The molecule has 3 atom stereocenters. The second-order valence-electron chi connectivity index (χ2n) is 11.6. The molecule has 2 aromatic heterocycles. The maximum absolute atomic E-state index is 13.1.